The molecule has 0 fully saturated rings. The number of nitrogens with two attached hydrogens (primary N) is 1. The minimum absolute atomic E-state index is 0.183. The molecule has 3 nitrogen and oxygen atoms in total. The molecule has 1 atom stereocenters. The first-order valence-electron chi connectivity index (χ1n) is 6.00. The van der Waals surface area contributed by atoms with Crippen molar-refractivity contribution in [2.75, 3.05) is 7.11 Å². The normalized spacial score (nSPS) is 12.5. The van der Waals surface area contributed by atoms with Crippen LogP contribution < -0.4 is 10.5 Å². The number of furan rings is 1. The molecule has 0 amide bonds. The van der Waals surface area contributed by atoms with Gasteiger partial charge in [0.05, 0.1) is 13.2 Å². The third-order valence-corrected chi connectivity index (χ3v) is 3.38. The Morgan fingerprint density at radius 1 is 1.17 bits per heavy atom. The smallest absolute Gasteiger partial charge is 0.119 e. The Morgan fingerprint density at radius 2 is 1.89 bits per heavy atom. The molecule has 0 spiro atoms. The highest BCUT2D eigenvalue weighted by atomic mass is 16.5. The van der Waals surface area contributed by atoms with Crippen molar-refractivity contribution in [1.82, 2.24) is 0 Å². The molecule has 0 aliphatic rings. The maximum atomic E-state index is 6.34. The molecule has 1 unspecified atom stereocenters. The maximum Gasteiger partial charge on any atom is 0.119 e. The Hall–Kier alpha value is -1.74. The summed E-state index contributed by atoms with van der Waals surface area (Å²) >= 11 is 0. The molecule has 0 saturated heterocycles. The minimum Gasteiger partial charge on any atom is -0.497 e. The lowest BCUT2D eigenvalue weighted by Gasteiger charge is -2.13. The van der Waals surface area contributed by atoms with Crippen molar-refractivity contribution in [3.8, 4) is 5.75 Å². The molecule has 0 aliphatic heterocycles. The van der Waals surface area contributed by atoms with E-state index in [2.05, 4.69) is 0 Å². The van der Waals surface area contributed by atoms with Crippen LogP contribution in [-0.2, 0) is 0 Å². The van der Waals surface area contributed by atoms with Gasteiger partial charge in [0.15, 0.2) is 0 Å². The van der Waals surface area contributed by atoms with Gasteiger partial charge >= 0.3 is 0 Å². The van der Waals surface area contributed by atoms with E-state index in [1.165, 1.54) is 0 Å². The standard InChI is InChI=1S/C15H19NO2/c1-9-10(2)18-11(3)14(9)15(16)12-6-5-7-13(8-12)17-4/h5-8,15H,16H2,1-4H3. The van der Waals surface area contributed by atoms with Crippen LogP contribution >= 0.6 is 0 Å². The van der Waals surface area contributed by atoms with Gasteiger partial charge in [0, 0.05) is 5.56 Å². The highest BCUT2D eigenvalue weighted by molar-refractivity contribution is 5.42. The molecular weight excluding hydrogens is 226 g/mol. The highest BCUT2D eigenvalue weighted by Gasteiger charge is 2.19. The molecule has 1 heterocycles. The maximum absolute atomic E-state index is 6.34. The first kappa shape index (κ1) is 12.7. The summed E-state index contributed by atoms with van der Waals surface area (Å²) in [5.74, 6) is 2.64. The lowest BCUT2D eigenvalue weighted by molar-refractivity contribution is 0.414. The average Bonchev–Trinajstić information content (AvgIpc) is 2.62. The van der Waals surface area contributed by atoms with Crippen LogP contribution in [-0.4, -0.2) is 7.11 Å². The molecule has 2 N–H and O–H groups in total. The number of rotatable bonds is 3. The topological polar surface area (TPSA) is 48.4 Å². The van der Waals surface area contributed by atoms with Crippen molar-refractivity contribution in [3.05, 3.63) is 52.5 Å². The minimum atomic E-state index is -0.183. The summed E-state index contributed by atoms with van der Waals surface area (Å²) in [5.41, 5.74) is 9.57. The zero-order valence-corrected chi connectivity index (χ0v) is 11.3. The molecule has 0 saturated carbocycles. The predicted octanol–water partition coefficient (Wildman–Crippen LogP) is 3.26. The molecule has 96 valence electrons. The van der Waals surface area contributed by atoms with E-state index in [1.54, 1.807) is 7.11 Å². The molecule has 3 heteroatoms. The van der Waals surface area contributed by atoms with Gasteiger partial charge in [0.25, 0.3) is 0 Å². The van der Waals surface area contributed by atoms with E-state index in [-0.39, 0.29) is 6.04 Å². The van der Waals surface area contributed by atoms with Crippen molar-refractivity contribution in [3.63, 3.8) is 0 Å². The Bertz CT molecular complexity index is 558. The third kappa shape index (κ3) is 2.14. The van der Waals surface area contributed by atoms with E-state index >= 15 is 0 Å². The zero-order valence-electron chi connectivity index (χ0n) is 11.3. The molecule has 1 aromatic heterocycles. The summed E-state index contributed by atoms with van der Waals surface area (Å²) < 4.78 is 10.9. The van der Waals surface area contributed by atoms with Gasteiger partial charge in [-0.1, -0.05) is 12.1 Å². The van der Waals surface area contributed by atoms with Gasteiger partial charge in [-0.15, -0.1) is 0 Å². The Labute approximate surface area is 108 Å². The quantitative estimate of drug-likeness (QED) is 0.902. The van der Waals surface area contributed by atoms with Crippen molar-refractivity contribution >= 4 is 0 Å². The van der Waals surface area contributed by atoms with Gasteiger partial charge < -0.3 is 14.9 Å². The van der Waals surface area contributed by atoms with Crippen molar-refractivity contribution < 1.29 is 9.15 Å². The van der Waals surface area contributed by atoms with Crippen LogP contribution in [0.1, 0.15) is 34.3 Å². The highest BCUT2D eigenvalue weighted by Crippen LogP contribution is 2.30. The fourth-order valence-electron chi connectivity index (χ4n) is 2.27. The molecule has 1 aromatic carbocycles. The summed E-state index contributed by atoms with van der Waals surface area (Å²) in [6, 6.07) is 7.65. The second kappa shape index (κ2) is 4.86. The van der Waals surface area contributed by atoms with E-state index in [0.29, 0.717) is 0 Å². The number of aryl methyl sites for hydroxylation is 2. The SMILES string of the molecule is COc1cccc(C(N)c2c(C)oc(C)c2C)c1. The van der Waals surface area contributed by atoms with Crippen molar-refractivity contribution in [2.24, 2.45) is 5.73 Å². The van der Waals surface area contributed by atoms with E-state index in [1.807, 2.05) is 45.0 Å². The van der Waals surface area contributed by atoms with E-state index in [9.17, 15) is 0 Å². The largest absolute Gasteiger partial charge is 0.497 e. The first-order valence-corrected chi connectivity index (χ1v) is 6.00. The summed E-state index contributed by atoms with van der Waals surface area (Å²) in [6.45, 7) is 5.96. The van der Waals surface area contributed by atoms with Gasteiger partial charge in [-0.05, 0) is 44.0 Å². The van der Waals surface area contributed by atoms with Crippen LogP contribution in [0.15, 0.2) is 28.7 Å². The second-order valence-electron chi connectivity index (χ2n) is 4.51. The summed E-state index contributed by atoms with van der Waals surface area (Å²) in [7, 11) is 1.66. The van der Waals surface area contributed by atoms with Crippen LogP contribution in [0.2, 0.25) is 0 Å². The Balaban J connectivity index is 2.44. The molecule has 2 rings (SSSR count). The summed E-state index contributed by atoms with van der Waals surface area (Å²) in [6.07, 6.45) is 0. The van der Waals surface area contributed by atoms with Crippen LogP contribution in [0.4, 0.5) is 0 Å². The summed E-state index contributed by atoms with van der Waals surface area (Å²) in [4.78, 5) is 0. The molecule has 0 radical (unpaired) electrons. The first-order chi connectivity index (χ1) is 8.54. The van der Waals surface area contributed by atoms with Gasteiger partial charge in [0.2, 0.25) is 0 Å². The van der Waals surface area contributed by atoms with Crippen LogP contribution in [0.5, 0.6) is 5.75 Å². The predicted molar refractivity (Wildman–Crippen MR) is 71.9 cm³/mol. The van der Waals surface area contributed by atoms with E-state index in [0.717, 1.165) is 34.0 Å². The van der Waals surface area contributed by atoms with Gasteiger partial charge in [0.1, 0.15) is 17.3 Å². The number of ether oxygens (including phenoxy) is 1. The summed E-state index contributed by atoms with van der Waals surface area (Å²) in [5, 5.41) is 0. The molecule has 2 aromatic rings. The molecule has 18 heavy (non-hydrogen) atoms. The van der Waals surface area contributed by atoms with E-state index in [4.69, 9.17) is 14.9 Å². The Morgan fingerprint density at radius 3 is 2.44 bits per heavy atom. The van der Waals surface area contributed by atoms with Gasteiger partial charge in [-0.2, -0.15) is 0 Å². The lowest BCUT2D eigenvalue weighted by Crippen LogP contribution is -2.13. The third-order valence-electron chi connectivity index (χ3n) is 3.38. The van der Waals surface area contributed by atoms with Crippen LogP contribution in [0.3, 0.4) is 0 Å². The average molecular weight is 245 g/mol. The fourth-order valence-corrected chi connectivity index (χ4v) is 2.27. The molecule has 0 aliphatic carbocycles. The number of benzene rings is 1. The number of hydrogen-bond acceptors (Lipinski definition) is 3. The van der Waals surface area contributed by atoms with Crippen molar-refractivity contribution in [2.45, 2.75) is 26.8 Å². The zero-order chi connectivity index (χ0) is 13.3. The van der Waals surface area contributed by atoms with Gasteiger partial charge in [-0.25, -0.2) is 0 Å². The van der Waals surface area contributed by atoms with Gasteiger partial charge in [-0.3, -0.25) is 0 Å². The number of hydrogen-bond donors (Lipinski definition) is 1. The van der Waals surface area contributed by atoms with Crippen molar-refractivity contribution in [1.29, 1.82) is 0 Å². The van der Waals surface area contributed by atoms with E-state index < -0.39 is 0 Å². The molecular formula is C15H19NO2. The number of methoxy groups -OCH3 is 1. The second-order valence-corrected chi connectivity index (χ2v) is 4.51. The van der Waals surface area contributed by atoms with Crippen LogP contribution in [0.25, 0.3) is 0 Å². The fraction of sp³-hybridized carbons (Fsp3) is 0.333. The monoisotopic (exact) mass is 245 g/mol. The molecule has 0 bridgehead atoms. The Kier molecular flexibility index (Phi) is 3.43. The van der Waals surface area contributed by atoms with Crippen LogP contribution in [0, 0.1) is 20.8 Å². The lowest BCUT2D eigenvalue weighted by atomic mass is 9.96.